The van der Waals surface area contributed by atoms with E-state index in [2.05, 4.69) is 13.5 Å². The van der Waals surface area contributed by atoms with Gasteiger partial charge in [0, 0.05) is 6.54 Å². The first kappa shape index (κ1) is 14.7. The number of nitrogens with zero attached hydrogens (tertiary/aromatic N) is 1. The number of amides is 1. The van der Waals surface area contributed by atoms with Crippen molar-refractivity contribution in [2.45, 2.75) is 51.5 Å². The second kappa shape index (κ2) is 7.90. The van der Waals surface area contributed by atoms with Crippen LogP contribution in [0, 0.1) is 0 Å². The second-order valence-electron chi connectivity index (χ2n) is 4.62. The van der Waals surface area contributed by atoms with Gasteiger partial charge in [-0.3, -0.25) is 4.79 Å². The van der Waals surface area contributed by atoms with Crippen LogP contribution in [0.1, 0.15) is 45.4 Å². The van der Waals surface area contributed by atoms with Gasteiger partial charge in [0.15, 0.2) is 0 Å². The van der Waals surface area contributed by atoms with Crippen molar-refractivity contribution in [3.05, 3.63) is 12.7 Å². The first-order chi connectivity index (χ1) is 8.70. The number of ether oxygens (including phenoxy) is 1. The van der Waals surface area contributed by atoms with Crippen LogP contribution in [0.5, 0.6) is 0 Å². The van der Waals surface area contributed by atoms with Crippen molar-refractivity contribution in [1.29, 1.82) is 0 Å². The molecule has 0 bridgehead atoms. The van der Waals surface area contributed by atoms with Gasteiger partial charge >= 0.3 is 5.97 Å². The maximum atomic E-state index is 11.9. The molecule has 1 aliphatic heterocycles. The molecule has 0 aromatic heterocycles. The molecule has 0 aromatic rings. The van der Waals surface area contributed by atoms with Gasteiger partial charge in [-0.1, -0.05) is 32.8 Å². The average molecular weight is 253 g/mol. The molecule has 0 radical (unpaired) electrons. The van der Waals surface area contributed by atoms with E-state index in [0.717, 1.165) is 25.7 Å². The van der Waals surface area contributed by atoms with Gasteiger partial charge in [0.05, 0.1) is 6.61 Å². The van der Waals surface area contributed by atoms with Crippen LogP contribution >= 0.6 is 0 Å². The topological polar surface area (TPSA) is 46.6 Å². The summed E-state index contributed by atoms with van der Waals surface area (Å²) < 4.78 is 5.23. The first-order valence-electron chi connectivity index (χ1n) is 6.80. The maximum absolute atomic E-state index is 11.9. The molecule has 0 aliphatic carbocycles. The standard InChI is InChI=1S/C14H23NO3/c1-3-5-6-7-11-18-14(17)12-9-8-10-15(12)13(16)4-2/h4,12H,2-3,5-11H2,1H3. The summed E-state index contributed by atoms with van der Waals surface area (Å²) in [6.07, 6.45) is 7.14. The lowest BCUT2D eigenvalue weighted by molar-refractivity contribution is -0.152. The Morgan fingerprint density at radius 1 is 1.39 bits per heavy atom. The van der Waals surface area contributed by atoms with Crippen LogP contribution in [0.2, 0.25) is 0 Å². The Kier molecular flexibility index (Phi) is 6.47. The second-order valence-corrected chi connectivity index (χ2v) is 4.62. The van der Waals surface area contributed by atoms with E-state index < -0.39 is 6.04 Å². The zero-order valence-corrected chi connectivity index (χ0v) is 11.2. The fraction of sp³-hybridized carbons (Fsp3) is 0.714. The van der Waals surface area contributed by atoms with E-state index in [0.29, 0.717) is 19.6 Å². The Labute approximate surface area is 109 Å². The van der Waals surface area contributed by atoms with Crippen LogP contribution in [0.15, 0.2) is 12.7 Å². The predicted octanol–water partition coefficient (Wildman–Crippen LogP) is 2.29. The zero-order valence-electron chi connectivity index (χ0n) is 11.2. The minimum atomic E-state index is -0.401. The van der Waals surface area contributed by atoms with Crippen molar-refractivity contribution in [2.75, 3.05) is 13.2 Å². The van der Waals surface area contributed by atoms with Crippen molar-refractivity contribution < 1.29 is 14.3 Å². The zero-order chi connectivity index (χ0) is 13.4. The van der Waals surface area contributed by atoms with Gasteiger partial charge in [-0.05, 0) is 25.3 Å². The lowest BCUT2D eigenvalue weighted by Gasteiger charge is -2.21. The third-order valence-corrected chi connectivity index (χ3v) is 3.22. The Morgan fingerprint density at radius 2 is 2.17 bits per heavy atom. The van der Waals surface area contributed by atoms with Gasteiger partial charge in [0.1, 0.15) is 6.04 Å². The molecule has 4 heteroatoms. The monoisotopic (exact) mass is 253 g/mol. The average Bonchev–Trinajstić information content (AvgIpc) is 2.86. The third-order valence-electron chi connectivity index (χ3n) is 3.22. The highest BCUT2D eigenvalue weighted by Gasteiger charge is 2.33. The van der Waals surface area contributed by atoms with E-state index in [1.807, 2.05) is 0 Å². The van der Waals surface area contributed by atoms with Crippen LogP contribution in [0.4, 0.5) is 0 Å². The van der Waals surface area contributed by atoms with Gasteiger partial charge < -0.3 is 9.64 Å². The molecular formula is C14H23NO3. The molecule has 1 unspecified atom stereocenters. The largest absolute Gasteiger partial charge is 0.464 e. The normalized spacial score (nSPS) is 18.7. The summed E-state index contributed by atoms with van der Waals surface area (Å²) >= 11 is 0. The van der Waals surface area contributed by atoms with E-state index >= 15 is 0 Å². The van der Waals surface area contributed by atoms with Gasteiger partial charge in [-0.2, -0.15) is 0 Å². The summed E-state index contributed by atoms with van der Waals surface area (Å²) in [5.74, 6) is -0.445. The molecule has 1 amide bonds. The van der Waals surface area contributed by atoms with Crippen LogP contribution in [0.3, 0.4) is 0 Å². The lowest BCUT2D eigenvalue weighted by atomic mass is 10.2. The number of unbranched alkanes of at least 4 members (excludes halogenated alkanes) is 3. The Morgan fingerprint density at radius 3 is 2.83 bits per heavy atom. The molecule has 0 spiro atoms. The number of esters is 1. The first-order valence-corrected chi connectivity index (χ1v) is 6.80. The highest BCUT2D eigenvalue weighted by Crippen LogP contribution is 2.19. The number of likely N-dealkylation sites (tertiary alicyclic amines) is 1. The highest BCUT2D eigenvalue weighted by molar-refractivity contribution is 5.91. The maximum Gasteiger partial charge on any atom is 0.328 e. The molecule has 0 aromatic carbocycles. The molecule has 1 atom stereocenters. The van der Waals surface area contributed by atoms with Gasteiger partial charge in [0.2, 0.25) is 5.91 Å². The number of hydrogen-bond acceptors (Lipinski definition) is 3. The molecule has 0 N–H and O–H groups in total. The van der Waals surface area contributed by atoms with Crippen LogP contribution in [-0.4, -0.2) is 36.0 Å². The van der Waals surface area contributed by atoms with E-state index in [9.17, 15) is 9.59 Å². The molecule has 1 fully saturated rings. The number of carbonyl (C=O) groups excluding carboxylic acids is 2. The van der Waals surface area contributed by atoms with Gasteiger partial charge in [0.25, 0.3) is 0 Å². The lowest BCUT2D eigenvalue weighted by Crippen LogP contribution is -2.40. The van der Waals surface area contributed by atoms with E-state index in [1.54, 1.807) is 4.90 Å². The Bertz CT molecular complexity index is 301. The van der Waals surface area contributed by atoms with Gasteiger partial charge in [-0.15, -0.1) is 0 Å². The predicted molar refractivity (Wildman–Crippen MR) is 70.0 cm³/mol. The Balaban J connectivity index is 2.31. The molecule has 1 rings (SSSR count). The summed E-state index contributed by atoms with van der Waals surface area (Å²) in [6.45, 7) is 6.68. The summed E-state index contributed by atoms with van der Waals surface area (Å²) in [5, 5.41) is 0. The van der Waals surface area contributed by atoms with Crippen LogP contribution < -0.4 is 0 Å². The molecule has 1 aliphatic rings. The molecule has 0 saturated carbocycles. The summed E-state index contributed by atoms with van der Waals surface area (Å²) in [5.41, 5.74) is 0. The van der Waals surface area contributed by atoms with E-state index in [4.69, 9.17) is 4.74 Å². The van der Waals surface area contributed by atoms with Crippen molar-refractivity contribution in [3.8, 4) is 0 Å². The van der Waals surface area contributed by atoms with E-state index in [-0.39, 0.29) is 11.9 Å². The molecule has 102 valence electrons. The third kappa shape index (κ3) is 4.17. The molecule has 1 saturated heterocycles. The van der Waals surface area contributed by atoms with Gasteiger partial charge in [-0.25, -0.2) is 4.79 Å². The molecule has 4 nitrogen and oxygen atoms in total. The van der Waals surface area contributed by atoms with Crippen LogP contribution in [0.25, 0.3) is 0 Å². The minimum Gasteiger partial charge on any atom is -0.464 e. The fourth-order valence-corrected chi connectivity index (χ4v) is 2.19. The number of rotatable bonds is 7. The molecular weight excluding hydrogens is 230 g/mol. The highest BCUT2D eigenvalue weighted by atomic mass is 16.5. The van der Waals surface area contributed by atoms with Crippen molar-refractivity contribution in [1.82, 2.24) is 4.90 Å². The SMILES string of the molecule is C=CC(=O)N1CCCC1C(=O)OCCCCCC. The summed E-state index contributed by atoms with van der Waals surface area (Å²) in [7, 11) is 0. The smallest absolute Gasteiger partial charge is 0.328 e. The van der Waals surface area contributed by atoms with Crippen molar-refractivity contribution in [2.24, 2.45) is 0 Å². The van der Waals surface area contributed by atoms with Crippen LogP contribution in [-0.2, 0) is 14.3 Å². The summed E-state index contributed by atoms with van der Waals surface area (Å²) in [6, 6.07) is -0.401. The van der Waals surface area contributed by atoms with E-state index in [1.165, 1.54) is 12.5 Å². The fourth-order valence-electron chi connectivity index (χ4n) is 2.19. The number of hydrogen-bond donors (Lipinski definition) is 0. The quantitative estimate of drug-likeness (QED) is 0.397. The Hall–Kier alpha value is -1.32. The molecule has 18 heavy (non-hydrogen) atoms. The van der Waals surface area contributed by atoms with Crippen molar-refractivity contribution >= 4 is 11.9 Å². The summed E-state index contributed by atoms with van der Waals surface area (Å²) in [4.78, 5) is 25.0. The molecule has 1 heterocycles. The minimum absolute atomic E-state index is 0.180. The number of carbonyl (C=O) groups is 2. The van der Waals surface area contributed by atoms with Crippen molar-refractivity contribution in [3.63, 3.8) is 0 Å².